The highest BCUT2D eigenvalue weighted by molar-refractivity contribution is 5.79. The Kier molecular flexibility index (Phi) is 10.2. The minimum atomic E-state index is 0.587. The molecule has 0 bridgehead atoms. The van der Waals surface area contributed by atoms with Crippen LogP contribution in [0.25, 0.3) is 5.69 Å². The van der Waals surface area contributed by atoms with Gasteiger partial charge in [0.1, 0.15) is 0 Å². The molecule has 1 aromatic carbocycles. The van der Waals surface area contributed by atoms with E-state index >= 15 is 0 Å². The fourth-order valence-corrected chi connectivity index (χ4v) is 3.01. The standard InChI is InChI=1S/C22H35N5O2/c1-5-23-22(24-12-8-9-13-29-15-14-28-4)25-17-20-10-6-7-11-21(20)27-19(3)16-18(2)26-27/h6-7,10-11,16H,5,8-9,12-15,17H2,1-4H3,(H2,23,24,25). The maximum atomic E-state index is 5.49. The zero-order valence-corrected chi connectivity index (χ0v) is 18.2. The minimum Gasteiger partial charge on any atom is -0.382 e. The average Bonchev–Trinajstić information content (AvgIpc) is 3.06. The minimum absolute atomic E-state index is 0.587. The third kappa shape index (κ3) is 7.87. The summed E-state index contributed by atoms with van der Waals surface area (Å²) in [6.45, 7) is 10.5. The number of methoxy groups -OCH3 is 1. The molecular formula is C22H35N5O2. The molecule has 1 aromatic heterocycles. The van der Waals surface area contributed by atoms with Crippen LogP contribution in [0.1, 0.15) is 36.7 Å². The van der Waals surface area contributed by atoms with Crippen LogP contribution in [0.15, 0.2) is 35.3 Å². The fraction of sp³-hybridized carbons (Fsp3) is 0.545. The highest BCUT2D eigenvalue weighted by atomic mass is 16.5. The molecule has 7 heteroatoms. The lowest BCUT2D eigenvalue weighted by molar-refractivity contribution is 0.0689. The van der Waals surface area contributed by atoms with Crippen LogP contribution < -0.4 is 10.6 Å². The van der Waals surface area contributed by atoms with Crippen molar-refractivity contribution in [3.8, 4) is 5.69 Å². The summed E-state index contributed by atoms with van der Waals surface area (Å²) in [4.78, 5) is 4.77. The van der Waals surface area contributed by atoms with E-state index in [0.717, 1.165) is 61.1 Å². The summed E-state index contributed by atoms with van der Waals surface area (Å²) in [5, 5.41) is 11.3. The van der Waals surface area contributed by atoms with Gasteiger partial charge in [0.2, 0.25) is 0 Å². The fourth-order valence-electron chi connectivity index (χ4n) is 3.01. The van der Waals surface area contributed by atoms with Crippen molar-refractivity contribution in [1.82, 2.24) is 20.4 Å². The normalized spacial score (nSPS) is 11.7. The van der Waals surface area contributed by atoms with E-state index in [2.05, 4.69) is 47.8 Å². The zero-order valence-electron chi connectivity index (χ0n) is 18.2. The number of aliphatic imine (C=N–C) groups is 1. The summed E-state index contributed by atoms with van der Waals surface area (Å²) < 4.78 is 12.5. The number of hydrogen-bond acceptors (Lipinski definition) is 4. The van der Waals surface area contributed by atoms with E-state index in [-0.39, 0.29) is 0 Å². The summed E-state index contributed by atoms with van der Waals surface area (Å²) in [7, 11) is 1.69. The van der Waals surface area contributed by atoms with Gasteiger partial charge in [-0.3, -0.25) is 0 Å². The number of nitrogens with one attached hydrogen (secondary N) is 2. The number of unbranched alkanes of at least 4 members (excludes halogenated alkanes) is 1. The maximum Gasteiger partial charge on any atom is 0.191 e. The first kappa shape index (κ1) is 22.9. The molecule has 0 unspecified atom stereocenters. The van der Waals surface area contributed by atoms with E-state index in [4.69, 9.17) is 14.5 Å². The third-order valence-corrected chi connectivity index (χ3v) is 4.42. The first-order valence-corrected chi connectivity index (χ1v) is 10.4. The molecule has 7 nitrogen and oxygen atoms in total. The second-order valence-corrected chi connectivity index (χ2v) is 6.90. The number of aromatic nitrogens is 2. The lowest BCUT2D eigenvalue weighted by atomic mass is 10.2. The van der Waals surface area contributed by atoms with Crippen LogP contribution in [0.5, 0.6) is 0 Å². The Morgan fingerprint density at radius 1 is 1.10 bits per heavy atom. The van der Waals surface area contributed by atoms with E-state index in [0.29, 0.717) is 19.8 Å². The molecule has 0 saturated carbocycles. The highest BCUT2D eigenvalue weighted by Crippen LogP contribution is 2.17. The van der Waals surface area contributed by atoms with Gasteiger partial charge in [0, 0.05) is 32.5 Å². The van der Waals surface area contributed by atoms with Crippen molar-refractivity contribution in [2.45, 2.75) is 40.2 Å². The van der Waals surface area contributed by atoms with Gasteiger partial charge in [-0.2, -0.15) is 5.10 Å². The third-order valence-electron chi connectivity index (χ3n) is 4.42. The smallest absolute Gasteiger partial charge is 0.191 e. The molecule has 29 heavy (non-hydrogen) atoms. The largest absolute Gasteiger partial charge is 0.382 e. The summed E-state index contributed by atoms with van der Waals surface area (Å²) in [5.74, 6) is 0.830. The number of nitrogens with zero attached hydrogens (tertiary/aromatic N) is 3. The van der Waals surface area contributed by atoms with Crippen LogP contribution in [0.4, 0.5) is 0 Å². The molecule has 0 saturated heterocycles. The maximum absolute atomic E-state index is 5.49. The van der Waals surface area contributed by atoms with Crippen molar-refractivity contribution >= 4 is 5.96 Å². The molecule has 1 heterocycles. The van der Waals surface area contributed by atoms with E-state index in [9.17, 15) is 0 Å². The van der Waals surface area contributed by atoms with Crippen LogP contribution in [0.2, 0.25) is 0 Å². The molecule has 2 rings (SSSR count). The summed E-state index contributed by atoms with van der Waals surface area (Å²) >= 11 is 0. The zero-order chi connectivity index (χ0) is 20.9. The summed E-state index contributed by atoms with van der Waals surface area (Å²) in [6.07, 6.45) is 2.04. The molecule has 0 aliphatic rings. The van der Waals surface area contributed by atoms with Crippen LogP contribution in [0.3, 0.4) is 0 Å². The van der Waals surface area contributed by atoms with Crippen LogP contribution in [-0.2, 0) is 16.0 Å². The number of aryl methyl sites for hydroxylation is 2. The monoisotopic (exact) mass is 401 g/mol. The Morgan fingerprint density at radius 3 is 2.66 bits per heavy atom. The van der Waals surface area contributed by atoms with Gasteiger partial charge in [-0.15, -0.1) is 0 Å². The first-order chi connectivity index (χ1) is 14.2. The Labute approximate surface area is 174 Å². The van der Waals surface area contributed by atoms with E-state index in [1.807, 2.05) is 23.7 Å². The highest BCUT2D eigenvalue weighted by Gasteiger charge is 2.08. The van der Waals surface area contributed by atoms with Gasteiger partial charge in [-0.1, -0.05) is 18.2 Å². The molecule has 0 atom stereocenters. The lowest BCUT2D eigenvalue weighted by Crippen LogP contribution is -2.37. The number of rotatable bonds is 12. The van der Waals surface area contributed by atoms with Gasteiger partial charge in [0.05, 0.1) is 31.1 Å². The Balaban J connectivity index is 1.91. The van der Waals surface area contributed by atoms with Crippen LogP contribution >= 0.6 is 0 Å². The predicted molar refractivity (Wildman–Crippen MR) is 118 cm³/mol. The van der Waals surface area contributed by atoms with Crippen molar-refractivity contribution in [3.05, 3.63) is 47.3 Å². The SMILES string of the molecule is CCNC(=NCc1ccccc1-n1nc(C)cc1C)NCCCCOCCOC. The molecule has 0 spiro atoms. The molecule has 0 aliphatic carbocycles. The average molecular weight is 402 g/mol. The number of guanidine groups is 1. The molecule has 0 radical (unpaired) electrons. The number of hydrogen-bond donors (Lipinski definition) is 2. The summed E-state index contributed by atoms with van der Waals surface area (Å²) in [5.41, 5.74) is 4.35. The van der Waals surface area contributed by atoms with Gasteiger partial charge < -0.3 is 20.1 Å². The predicted octanol–water partition coefficient (Wildman–Crippen LogP) is 2.99. The number of ether oxygens (including phenoxy) is 2. The molecule has 2 aromatic rings. The first-order valence-electron chi connectivity index (χ1n) is 10.4. The van der Waals surface area contributed by atoms with Crippen LogP contribution in [0, 0.1) is 13.8 Å². The van der Waals surface area contributed by atoms with Gasteiger partial charge in [-0.05, 0) is 51.3 Å². The van der Waals surface area contributed by atoms with Crippen molar-refractivity contribution in [2.24, 2.45) is 4.99 Å². The van der Waals surface area contributed by atoms with Crippen molar-refractivity contribution < 1.29 is 9.47 Å². The van der Waals surface area contributed by atoms with Gasteiger partial charge in [0.25, 0.3) is 0 Å². The van der Waals surface area contributed by atoms with Crippen molar-refractivity contribution in [1.29, 1.82) is 0 Å². The molecule has 0 aliphatic heterocycles. The molecule has 0 fully saturated rings. The molecule has 160 valence electrons. The van der Waals surface area contributed by atoms with Gasteiger partial charge >= 0.3 is 0 Å². The quantitative estimate of drug-likeness (QED) is 0.325. The Morgan fingerprint density at radius 2 is 1.93 bits per heavy atom. The van der Waals surface area contributed by atoms with E-state index in [1.54, 1.807) is 7.11 Å². The van der Waals surface area contributed by atoms with Gasteiger partial charge in [-0.25, -0.2) is 9.67 Å². The topological polar surface area (TPSA) is 72.7 Å². The molecule has 2 N–H and O–H groups in total. The van der Waals surface area contributed by atoms with Crippen molar-refractivity contribution in [3.63, 3.8) is 0 Å². The van der Waals surface area contributed by atoms with Crippen LogP contribution in [-0.4, -0.2) is 55.8 Å². The second kappa shape index (κ2) is 13.0. The Hall–Kier alpha value is -2.38. The number of para-hydroxylation sites is 1. The number of benzene rings is 1. The Bertz CT molecular complexity index is 757. The lowest BCUT2D eigenvalue weighted by Gasteiger charge is -2.13. The van der Waals surface area contributed by atoms with E-state index < -0.39 is 0 Å². The summed E-state index contributed by atoms with van der Waals surface area (Å²) in [6, 6.07) is 10.4. The van der Waals surface area contributed by atoms with E-state index in [1.165, 1.54) is 0 Å². The molecule has 0 amide bonds. The second-order valence-electron chi connectivity index (χ2n) is 6.90. The molecular weight excluding hydrogens is 366 g/mol. The van der Waals surface area contributed by atoms with Crippen molar-refractivity contribution in [2.75, 3.05) is 40.0 Å². The van der Waals surface area contributed by atoms with Gasteiger partial charge in [0.15, 0.2) is 5.96 Å².